The summed E-state index contributed by atoms with van der Waals surface area (Å²) in [6, 6.07) is 7.33. The molecule has 0 saturated carbocycles. The number of rotatable bonds is 3. The Bertz CT molecular complexity index is 255. The molecule has 13 heavy (non-hydrogen) atoms. The molecule has 0 heterocycles. The van der Waals surface area contributed by atoms with Crippen molar-refractivity contribution in [1.82, 2.24) is 0 Å². The molecule has 74 valence electrons. The lowest BCUT2D eigenvalue weighted by Gasteiger charge is -2.09. The molecule has 0 aliphatic rings. The van der Waals surface area contributed by atoms with Crippen molar-refractivity contribution in [3.63, 3.8) is 0 Å². The second kappa shape index (κ2) is 5.80. The van der Waals surface area contributed by atoms with Gasteiger partial charge in [0.1, 0.15) is 0 Å². The minimum Gasteiger partial charge on any atom is -0.399 e. The average molecular weight is 203 g/mol. The molecule has 1 aromatic rings. The van der Waals surface area contributed by atoms with E-state index in [1.54, 1.807) is 0 Å². The summed E-state index contributed by atoms with van der Waals surface area (Å²) in [4.78, 5) is 0. The van der Waals surface area contributed by atoms with Crippen LogP contribution in [0.1, 0.15) is 5.56 Å². The number of halogens is 1. The van der Waals surface area contributed by atoms with Gasteiger partial charge in [0.05, 0.1) is 6.61 Å². The number of para-hydroxylation sites is 1. The fourth-order valence-electron chi connectivity index (χ4n) is 1.07. The van der Waals surface area contributed by atoms with Crippen LogP contribution in [0.25, 0.3) is 0 Å². The van der Waals surface area contributed by atoms with Crippen molar-refractivity contribution in [3.8, 4) is 0 Å². The van der Waals surface area contributed by atoms with Crippen molar-refractivity contribution in [2.45, 2.75) is 12.5 Å². The molecule has 0 saturated heterocycles. The second-order valence-electron chi connectivity index (χ2n) is 2.85. The summed E-state index contributed by atoms with van der Waals surface area (Å²) in [7, 11) is 0. The predicted octanol–water partition coefficient (Wildman–Crippen LogP) is 0.553. The first kappa shape index (κ1) is 12.2. The Labute approximate surface area is 84.2 Å². The molecule has 1 atom stereocenters. The smallest absolute Gasteiger partial charge is 0.0585 e. The quantitative estimate of drug-likeness (QED) is 0.627. The first-order chi connectivity index (χ1) is 5.74. The summed E-state index contributed by atoms with van der Waals surface area (Å²) in [6.45, 7) is -0.00562. The standard InChI is InChI=1S/C9H14N2O.ClH/c10-8(6-12)5-7-3-1-2-4-9(7)11;/h1-4,8,12H,5-6,10-11H2;1H. The average Bonchev–Trinajstić information content (AvgIpc) is 2.09. The number of aliphatic hydroxyl groups excluding tert-OH is 1. The van der Waals surface area contributed by atoms with Crippen molar-refractivity contribution >= 4 is 18.1 Å². The normalized spacial score (nSPS) is 11.8. The van der Waals surface area contributed by atoms with Gasteiger partial charge in [-0.3, -0.25) is 0 Å². The lowest BCUT2D eigenvalue weighted by Crippen LogP contribution is -2.27. The van der Waals surface area contributed by atoms with Crippen LogP contribution >= 0.6 is 12.4 Å². The van der Waals surface area contributed by atoms with Gasteiger partial charge in [-0.25, -0.2) is 0 Å². The van der Waals surface area contributed by atoms with Gasteiger partial charge >= 0.3 is 0 Å². The van der Waals surface area contributed by atoms with Crippen LogP contribution in [0, 0.1) is 0 Å². The number of hydrogen-bond donors (Lipinski definition) is 3. The molecule has 0 radical (unpaired) electrons. The minimum absolute atomic E-state index is 0. The topological polar surface area (TPSA) is 72.3 Å². The monoisotopic (exact) mass is 202 g/mol. The molecular weight excluding hydrogens is 188 g/mol. The number of nitrogen functional groups attached to an aromatic ring is 1. The van der Waals surface area contributed by atoms with Crippen LogP contribution in [0.15, 0.2) is 24.3 Å². The third-order valence-corrected chi connectivity index (χ3v) is 1.77. The Morgan fingerprint density at radius 1 is 1.31 bits per heavy atom. The highest BCUT2D eigenvalue weighted by Gasteiger charge is 2.03. The number of benzene rings is 1. The molecule has 3 nitrogen and oxygen atoms in total. The maximum Gasteiger partial charge on any atom is 0.0585 e. The van der Waals surface area contributed by atoms with Gasteiger partial charge in [-0.1, -0.05) is 18.2 Å². The zero-order valence-electron chi connectivity index (χ0n) is 7.31. The van der Waals surface area contributed by atoms with Crippen LogP contribution in [0.4, 0.5) is 5.69 Å². The van der Waals surface area contributed by atoms with Crippen LogP contribution in [0.5, 0.6) is 0 Å². The first-order valence-electron chi connectivity index (χ1n) is 3.94. The van der Waals surface area contributed by atoms with Crippen LogP contribution in [0.2, 0.25) is 0 Å². The zero-order chi connectivity index (χ0) is 8.97. The fraction of sp³-hybridized carbons (Fsp3) is 0.333. The molecule has 5 N–H and O–H groups in total. The highest BCUT2D eigenvalue weighted by molar-refractivity contribution is 5.85. The molecule has 0 amide bonds. The van der Waals surface area contributed by atoms with Crippen LogP contribution in [-0.4, -0.2) is 17.8 Å². The van der Waals surface area contributed by atoms with E-state index in [1.807, 2.05) is 24.3 Å². The van der Waals surface area contributed by atoms with E-state index in [0.717, 1.165) is 11.3 Å². The Morgan fingerprint density at radius 3 is 2.46 bits per heavy atom. The summed E-state index contributed by atoms with van der Waals surface area (Å²) in [6.07, 6.45) is 0.628. The van der Waals surface area contributed by atoms with E-state index in [2.05, 4.69) is 0 Å². The number of hydrogen-bond acceptors (Lipinski definition) is 3. The molecule has 1 rings (SSSR count). The van der Waals surface area contributed by atoms with E-state index in [1.165, 1.54) is 0 Å². The van der Waals surface area contributed by atoms with Crippen molar-refractivity contribution in [2.24, 2.45) is 5.73 Å². The lowest BCUT2D eigenvalue weighted by molar-refractivity contribution is 0.265. The highest BCUT2D eigenvalue weighted by Crippen LogP contribution is 2.11. The molecule has 0 fully saturated rings. The number of anilines is 1. The Kier molecular flexibility index (Phi) is 5.46. The van der Waals surface area contributed by atoms with Gasteiger partial charge < -0.3 is 16.6 Å². The third-order valence-electron chi connectivity index (χ3n) is 1.77. The summed E-state index contributed by atoms with van der Waals surface area (Å²) >= 11 is 0. The molecule has 4 heteroatoms. The molecule has 0 aromatic heterocycles. The predicted molar refractivity (Wildman–Crippen MR) is 56.9 cm³/mol. The van der Waals surface area contributed by atoms with Gasteiger partial charge in [0.2, 0.25) is 0 Å². The number of aliphatic hydroxyl groups is 1. The maximum absolute atomic E-state index is 8.72. The van der Waals surface area contributed by atoms with Crippen molar-refractivity contribution < 1.29 is 5.11 Å². The van der Waals surface area contributed by atoms with Gasteiger partial charge in [0.15, 0.2) is 0 Å². The van der Waals surface area contributed by atoms with Crippen molar-refractivity contribution in [2.75, 3.05) is 12.3 Å². The molecule has 0 aliphatic heterocycles. The van der Waals surface area contributed by atoms with E-state index in [0.29, 0.717) is 6.42 Å². The molecule has 0 spiro atoms. The molecule has 1 aromatic carbocycles. The van der Waals surface area contributed by atoms with Gasteiger partial charge in [-0.05, 0) is 18.1 Å². The van der Waals surface area contributed by atoms with Crippen molar-refractivity contribution in [3.05, 3.63) is 29.8 Å². The second-order valence-corrected chi connectivity index (χ2v) is 2.85. The minimum atomic E-state index is -0.213. The van der Waals surface area contributed by atoms with Crippen LogP contribution in [0.3, 0.4) is 0 Å². The van der Waals surface area contributed by atoms with E-state index in [4.69, 9.17) is 16.6 Å². The lowest BCUT2D eigenvalue weighted by atomic mass is 10.1. The van der Waals surface area contributed by atoms with Crippen molar-refractivity contribution in [1.29, 1.82) is 0 Å². The summed E-state index contributed by atoms with van der Waals surface area (Å²) < 4.78 is 0. The van der Waals surface area contributed by atoms with Gasteiger partial charge in [0, 0.05) is 11.7 Å². The largest absolute Gasteiger partial charge is 0.399 e. The molecule has 1 unspecified atom stereocenters. The van der Waals surface area contributed by atoms with Gasteiger partial charge in [0.25, 0.3) is 0 Å². The highest BCUT2D eigenvalue weighted by atomic mass is 35.5. The van der Waals surface area contributed by atoms with Gasteiger partial charge in [-0.2, -0.15) is 0 Å². The Hall–Kier alpha value is -0.770. The first-order valence-corrected chi connectivity index (χ1v) is 3.94. The number of nitrogens with two attached hydrogens (primary N) is 2. The van der Waals surface area contributed by atoms with E-state index in [-0.39, 0.29) is 25.1 Å². The van der Waals surface area contributed by atoms with Gasteiger partial charge in [-0.15, -0.1) is 12.4 Å². The molecule has 0 aliphatic carbocycles. The van der Waals surface area contributed by atoms with E-state index >= 15 is 0 Å². The Morgan fingerprint density at radius 2 is 1.92 bits per heavy atom. The summed E-state index contributed by atoms with van der Waals surface area (Å²) in [5.74, 6) is 0. The molecular formula is C9H15ClN2O. The third kappa shape index (κ3) is 3.63. The summed E-state index contributed by atoms with van der Waals surface area (Å²) in [5, 5.41) is 8.72. The fourth-order valence-corrected chi connectivity index (χ4v) is 1.07. The molecule has 0 bridgehead atoms. The van der Waals surface area contributed by atoms with E-state index < -0.39 is 0 Å². The Balaban J connectivity index is 0.00000144. The van der Waals surface area contributed by atoms with E-state index in [9.17, 15) is 0 Å². The maximum atomic E-state index is 8.72. The van der Waals surface area contributed by atoms with Crippen LogP contribution in [-0.2, 0) is 6.42 Å². The zero-order valence-corrected chi connectivity index (χ0v) is 8.13. The SMILES string of the molecule is Cl.Nc1ccccc1CC(N)CO. The van der Waals surface area contributed by atoms with Crippen LogP contribution < -0.4 is 11.5 Å². The summed E-state index contributed by atoms with van der Waals surface area (Å²) in [5.41, 5.74) is 13.0.